The Morgan fingerprint density at radius 3 is 2.48 bits per heavy atom. The minimum Gasteiger partial charge on any atom is -0.484 e. The first-order valence-corrected chi connectivity index (χ1v) is 6.84. The van der Waals surface area contributed by atoms with E-state index in [1.807, 2.05) is 0 Å². The summed E-state index contributed by atoms with van der Waals surface area (Å²) in [6.45, 7) is -0.254. The molecular weight excluding hydrogens is 276 g/mol. The largest absolute Gasteiger partial charge is 0.484 e. The van der Waals surface area contributed by atoms with Gasteiger partial charge in [0, 0.05) is 12.1 Å². The van der Waals surface area contributed by atoms with Crippen LogP contribution in [-0.4, -0.2) is 34.7 Å². The second kappa shape index (κ2) is 6.53. The lowest BCUT2D eigenvalue weighted by Crippen LogP contribution is -2.50. The van der Waals surface area contributed by atoms with E-state index < -0.39 is 10.5 Å². The zero-order chi connectivity index (χ0) is 15.3. The maximum absolute atomic E-state index is 11.9. The third-order valence-electron chi connectivity index (χ3n) is 3.69. The van der Waals surface area contributed by atoms with Crippen molar-refractivity contribution in [1.29, 1.82) is 0 Å². The number of amides is 1. The van der Waals surface area contributed by atoms with Crippen molar-refractivity contribution in [2.45, 2.75) is 31.2 Å². The van der Waals surface area contributed by atoms with Crippen LogP contribution in [0.1, 0.15) is 25.7 Å². The number of nitrogens with zero attached hydrogens (tertiary/aromatic N) is 1. The zero-order valence-corrected chi connectivity index (χ0v) is 11.6. The Morgan fingerprint density at radius 1 is 1.33 bits per heavy atom. The summed E-state index contributed by atoms with van der Waals surface area (Å²) in [5, 5.41) is 22.8. The summed E-state index contributed by atoms with van der Waals surface area (Å²) in [5.41, 5.74) is -0.549. The van der Waals surface area contributed by atoms with Gasteiger partial charge in [-0.2, -0.15) is 0 Å². The van der Waals surface area contributed by atoms with Gasteiger partial charge in [0.2, 0.25) is 0 Å². The fraction of sp³-hybridized carbons (Fsp3) is 0.500. The van der Waals surface area contributed by atoms with Gasteiger partial charge in [-0.15, -0.1) is 0 Å². The van der Waals surface area contributed by atoms with E-state index in [2.05, 4.69) is 5.32 Å². The van der Waals surface area contributed by atoms with Crippen LogP contribution in [0.5, 0.6) is 5.75 Å². The topological polar surface area (TPSA) is 102 Å². The summed E-state index contributed by atoms with van der Waals surface area (Å²) in [6, 6.07) is 5.53. The maximum Gasteiger partial charge on any atom is 0.269 e. The summed E-state index contributed by atoms with van der Waals surface area (Å²) < 4.78 is 5.29. The standard InChI is InChI=1S/C14H18N2O5/c17-10-14(7-1-2-8-14)15-13(18)9-21-12-5-3-11(4-6-12)16(19)20/h3-6,17H,1-2,7-10H2,(H,15,18). The minimum atomic E-state index is -0.518. The summed E-state index contributed by atoms with van der Waals surface area (Å²) in [4.78, 5) is 21.9. The van der Waals surface area contributed by atoms with Gasteiger partial charge in [-0.25, -0.2) is 0 Å². The Morgan fingerprint density at radius 2 is 1.95 bits per heavy atom. The normalized spacial score (nSPS) is 16.4. The Labute approximate surface area is 122 Å². The number of benzene rings is 1. The number of nitro benzene ring substituents is 1. The minimum absolute atomic E-state index is 0.0306. The molecule has 0 bridgehead atoms. The van der Waals surface area contributed by atoms with Crippen molar-refractivity contribution in [3.63, 3.8) is 0 Å². The van der Waals surface area contributed by atoms with Crippen LogP contribution in [0.3, 0.4) is 0 Å². The molecule has 0 atom stereocenters. The first-order chi connectivity index (χ1) is 10.0. The number of non-ortho nitro benzene ring substituents is 1. The highest BCUT2D eigenvalue weighted by molar-refractivity contribution is 5.78. The molecule has 1 fully saturated rings. The van der Waals surface area contributed by atoms with Crippen LogP contribution in [-0.2, 0) is 4.79 Å². The molecule has 2 rings (SSSR count). The van der Waals surface area contributed by atoms with Gasteiger partial charge >= 0.3 is 0 Å². The van der Waals surface area contributed by atoms with Crippen molar-refractivity contribution in [2.75, 3.05) is 13.2 Å². The van der Waals surface area contributed by atoms with Gasteiger partial charge in [0.1, 0.15) is 5.75 Å². The quantitative estimate of drug-likeness (QED) is 0.610. The van der Waals surface area contributed by atoms with Crippen molar-refractivity contribution in [1.82, 2.24) is 5.32 Å². The lowest BCUT2D eigenvalue weighted by atomic mass is 9.99. The van der Waals surface area contributed by atoms with E-state index in [0.717, 1.165) is 25.7 Å². The number of aliphatic hydroxyl groups is 1. The van der Waals surface area contributed by atoms with Gasteiger partial charge in [0.15, 0.2) is 6.61 Å². The molecule has 0 radical (unpaired) electrons. The third-order valence-corrected chi connectivity index (χ3v) is 3.69. The predicted octanol–water partition coefficient (Wildman–Crippen LogP) is 1.39. The summed E-state index contributed by atoms with van der Waals surface area (Å²) in [6.07, 6.45) is 3.52. The summed E-state index contributed by atoms with van der Waals surface area (Å²) in [5.74, 6) is 0.0875. The molecule has 0 aromatic heterocycles. The summed E-state index contributed by atoms with van der Waals surface area (Å²) >= 11 is 0. The first-order valence-electron chi connectivity index (χ1n) is 6.84. The van der Waals surface area contributed by atoms with Crippen molar-refractivity contribution in [3.8, 4) is 5.75 Å². The van der Waals surface area contributed by atoms with Crippen LogP contribution in [0.4, 0.5) is 5.69 Å². The number of nitrogens with one attached hydrogen (secondary N) is 1. The average Bonchev–Trinajstić information content (AvgIpc) is 2.94. The maximum atomic E-state index is 11.9. The van der Waals surface area contributed by atoms with Crippen molar-refractivity contribution in [2.24, 2.45) is 0 Å². The molecule has 1 aromatic rings. The monoisotopic (exact) mass is 294 g/mol. The molecule has 0 saturated heterocycles. The van der Waals surface area contributed by atoms with E-state index in [0.29, 0.717) is 5.75 Å². The number of ether oxygens (including phenoxy) is 1. The van der Waals surface area contributed by atoms with Gasteiger partial charge < -0.3 is 15.2 Å². The van der Waals surface area contributed by atoms with Crippen LogP contribution >= 0.6 is 0 Å². The van der Waals surface area contributed by atoms with Crippen LogP contribution < -0.4 is 10.1 Å². The summed E-state index contributed by atoms with van der Waals surface area (Å²) in [7, 11) is 0. The molecule has 0 heterocycles. The molecule has 7 nitrogen and oxygen atoms in total. The van der Waals surface area contributed by atoms with Gasteiger partial charge in [0.05, 0.1) is 17.1 Å². The van der Waals surface area contributed by atoms with E-state index in [1.54, 1.807) is 0 Å². The molecular formula is C14H18N2O5. The molecule has 7 heteroatoms. The van der Waals surface area contributed by atoms with Gasteiger partial charge in [0.25, 0.3) is 11.6 Å². The van der Waals surface area contributed by atoms with E-state index in [4.69, 9.17) is 4.74 Å². The molecule has 0 unspecified atom stereocenters. The van der Waals surface area contributed by atoms with Crippen molar-refractivity contribution < 1.29 is 19.6 Å². The Kier molecular flexibility index (Phi) is 4.74. The molecule has 1 amide bonds. The molecule has 0 aliphatic heterocycles. The van der Waals surface area contributed by atoms with Crippen LogP contribution in [0.25, 0.3) is 0 Å². The lowest BCUT2D eigenvalue weighted by Gasteiger charge is -2.27. The Bertz CT molecular complexity index is 509. The van der Waals surface area contributed by atoms with Gasteiger partial charge in [-0.1, -0.05) is 12.8 Å². The Hall–Kier alpha value is -2.15. The number of hydrogen-bond acceptors (Lipinski definition) is 5. The van der Waals surface area contributed by atoms with Crippen LogP contribution in [0.15, 0.2) is 24.3 Å². The lowest BCUT2D eigenvalue weighted by molar-refractivity contribution is -0.384. The van der Waals surface area contributed by atoms with Crippen molar-refractivity contribution >= 4 is 11.6 Å². The van der Waals surface area contributed by atoms with Gasteiger partial charge in [-0.3, -0.25) is 14.9 Å². The Balaban J connectivity index is 1.84. The molecule has 1 aliphatic carbocycles. The van der Waals surface area contributed by atoms with Crippen LogP contribution in [0, 0.1) is 10.1 Å². The molecule has 114 valence electrons. The third kappa shape index (κ3) is 3.91. The van der Waals surface area contributed by atoms with E-state index in [9.17, 15) is 20.0 Å². The highest BCUT2D eigenvalue weighted by Crippen LogP contribution is 2.29. The second-order valence-corrected chi connectivity index (χ2v) is 5.23. The number of carbonyl (C=O) groups is 1. The van der Waals surface area contributed by atoms with E-state index in [1.165, 1.54) is 24.3 Å². The number of nitro groups is 1. The second-order valence-electron chi connectivity index (χ2n) is 5.23. The SMILES string of the molecule is O=C(COc1ccc([N+](=O)[O-])cc1)NC1(CO)CCCC1. The smallest absolute Gasteiger partial charge is 0.269 e. The average molecular weight is 294 g/mol. The number of carbonyl (C=O) groups excluding carboxylic acids is 1. The number of rotatable bonds is 6. The molecule has 0 spiro atoms. The van der Waals surface area contributed by atoms with E-state index >= 15 is 0 Å². The van der Waals surface area contributed by atoms with Crippen LogP contribution in [0.2, 0.25) is 0 Å². The zero-order valence-electron chi connectivity index (χ0n) is 11.6. The fourth-order valence-corrected chi connectivity index (χ4v) is 2.52. The van der Waals surface area contributed by atoms with E-state index in [-0.39, 0.29) is 24.8 Å². The predicted molar refractivity (Wildman–Crippen MR) is 75.0 cm³/mol. The molecule has 1 aromatic carbocycles. The van der Waals surface area contributed by atoms with Gasteiger partial charge in [-0.05, 0) is 25.0 Å². The first kappa shape index (κ1) is 15.2. The highest BCUT2D eigenvalue weighted by atomic mass is 16.6. The number of aliphatic hydroxyl groups excluding tert-OH is 1. The number of hydrogen-bond donors (Lipinski definition) is 2. The molecule has 1 aliphatic rings. The van der Waals surface area contributed by atoms with Crippen molar-refractivity contribution in [3.05, 3.63) is 34.4 Å². The fourth-order valence-electron chi connectivity index (χ4n) is 2.52. The molecule has 1 saturated carbocycles. The molecule has 2 N–H and O–H groups in total. The highest BCUT2D eigenvalue weighted by Gasteiger charge is 2.34. The molecule has 21 heavy (non-hydrogen) atoms.